The van der Waals surface area contributed by atoms with Crippen molar-refractivity contribution in [3.05, 3.63) is 30.3 Å². The maximum absolute atomic E-state index is 11.8. The molecular formula is C14H21NO3. The van der Waals surface area contributed by atoms with Gasteiger partial charge in [0.25, 0.3) is 0 Å². The molecule has 0 aromatic heterocycles. The van der Waals surface area contributed by atoms with Crippen LogP contribution in [0.3, 0.4) is 0 Å². The van der Waals surface area contributed by atoms with Crippen LogP contribution in [0.5, 0.6) is 0 Å². The molecule has 1 atom stereocenters. The molecule has 1 N–H and O–H groups in total. The van der Waals surface area contributed by atoms with Crippen molar-refractivity contribution >= 4 is 11.7 Å². The molecule has 0 aliphatic rings. The fourth-order valence-electron chi connectivity index (χ4n) is 1.27. The van der Waals surface area contributed by atoms with E-state index >= 15 is 0 Å². The van der Waals surface area contributed by atoms with E-state index in [1.165, 1.54) is 0 Å². The highest BCUT2D eigenvalue weighted by molar-refractivity contribution is 5.78. The third-order valence-corrected chi connectivity index (χ3v) is 2.63. The van der Waals surface area contributed by atoms with Gasteiger partial charge >= 0.3 is 5.97 Å². The van der Waals surface area contributed by atoms with Crippen molar-refractivity contribution < 1.29 is 14.3 Å². The first-order chi connectivity index (χ1) is 8.44. The lowest BCUT2D eigenvalue weighted by Crippen LogP contribution is -2.35. The Morgan fingerprint density at radius 2 is 1.94 bits per heavy atom. The van der Waals surface area contributed by atoms with E-state index in [9.17, 15) is 4.79 Å². The first-order valence-corrected chi connectivity index (χ1v) is 5.98. The third kappa shape index (κ3) is 4.75. The van der Waals surface area contributed by atoms with Crippen LogP contribution in [0, 0.1) is 0 Å². The number of benzene rings is 1. The van der Waals surface area contributed by atoms with E-state index in [-0.39, 0.29) is 18.6 Å². The zero-order valence-electron chi connectivity index (χ0n) is 11.4. The molecule has 0 bridgehead atoms. The number of rotatable bonds is 6. The molecule has 0 heterocycles. The standard InChI is InChI=1S/C14H21NO3/c1-11(15-12-8-6-5-7-9-12)13(16)18-10-14(2,3)17-4/h5-9,11,15H,10H2,1-4H3/t11-/m0/s1. The van der Waals surface area contributed by atoms with Gasteiger partial charge in [0.1, 0.15) is 12.6 Å². The SMILES string of the molecule is COC(C)(C)COC(=O)[C@H](C)Nc1ccccc1. The Bertz CT molecular complexity index is 376. The largest absolute Gasteiger partial charge is 0.461 e. The number of hydrogen-bond donors (Lipinski definition) is 1. The van der Waals surface area contributed by atoms with Gasteiger partial charge in [-0.05, 0) is 32.9 Å². The van der Waals surface area contributed by atoms with Gasteiger partial charge in [-0.3, -0.25) is 0 Å². The van der Waals surface area contributed by atoms with Crippen LogP contribution in [-0.2, 0) is 14.3 Å². The molecule has 0 fully saturated rings. The summed E-state index contributed by atoms with van der Waals surface area (Å²) in [7, 11) is 1.60. The number of nitrogens with one attached hydrogen (secondary N) is 1. The van der Waals surface area contributed by atoms with E-state index in [1.54, 1.807) is 14.0 Å². The molecule has 0 saturated carbocycles. The number of ether oxygens (including phenoxy) is 2. The lowest BCUT2D eigenvalue weighted by atomic mass is 10.1. The number of anilines is 1. The fourth-order valence-corrected chi connectivity index (χ4v) is 1.27. The summed E-state index contributed by atoms with van der Waals surface area (Å²) in [6.45, 7) is 5.75. The normalized spacial score (nSPS) is 12.9. The maximum Gasteiger partial charge on any atom is 0.328 e. The van der Waals surface area contributed by atoms with E-state index in [4.69, 9.17) is 9.47 Å². The molecule has 0 aliphatic heterocycles. The molecule has 0 unspecified atom stereocenters. The van der Waals surface area contributed by atoms with E-state index in [0.29, 0.717) is 0 Å². The summed E-state index contributed by atoms with van der Waals surface area (Å²) in [5.74, 6) is -0.288. The lowest BCUT2D eigenvalue weighted by Gasteiger charge is -2.23. The van der Waals surface area contributed by atoms with Crippen molar-refractivity contribution in [3.8, 4) is 0 Å². The van der Waals surface area contributed by atoms with Gasteiger partial charge in [-0.1, -0.05) is 18.2 Å². The molecule has 1 aromatic carbocycles. The zero-order chi connectivity index (χ0) is 13.6. The summed E-state index contributed by atoms with van der Waals surface area (Å²) in [5, 5.41) is 3.08. The van der Waals surface area contributed by atoms with Gasteiger partial charge < -0.3 is 14.8 Å². The van der Waals surface area contributed by atoms with Gasteiger partial charge in [-0.25, -0.2) is 4.79 Å². The average molecular weight is 251 g/mol. The van der Waals surface area contributed by atoms with Crippen molar-refractivity contribution in [2.75, 3.05) is 19.0 Å². The molecule has 100 valence electrons. The molecule has 4 heteroatoms. The molecule has 1 rings (SSSR count). The number of carbonyl (C=O) groups excluding carboxylic acids is 1. The third-order valence-electron chi connectivity index (χ3n) is 2.63. The van der Waals surface area contributed by atoms with Gasteiger partial charge in [0.15, 0.2) is 0 Å². The first-order valence-electron chi connectivity index (χ1n) is 5.98. The molecule has 18 heavy (non-hydrogen) atoms. The Morgan fingerprint density at radius 3 is 2.50 bits per heavy atom. The number of carbonyl (C=O) groups is 1. The van der Waals surface area contributed by atoms with Crippen molar-refractivity contribution in [2.24, 2.45) is 0 Å². The summed E-state index contributed by atoms with van der Waals surface area (Å²) in [6, 6.07) is 9.17. The highest BCUT2D eigenvalue weighted by Gasteiger charge is 2.21. The van der Waals surface area contributed by atoms with Crippen LogP contribution < -0.4 is 5.32 Å². The van der Waals surface area contributed by atoms with Gasteiger partial charge in [0.05, 0.1) is 5.60 Å². The Balaban J connectivity index is 2.43. The van der Waals surface area contributed by atoms with Crippen LogP contribution in [0.25, 0.3) is 0 Å². The van der Waals surface area contributed by atoms with E-state index in [0.717, 1.165) is 5.69 Å². The van der Waals surface area contributed by atoms with E-state index in [2.05, 4.69) is 5.32 Å². The summed E-state index contributed by atoms with van der Waals surface area (Å²) < 4.78 is 10.4. The van der Waals surface area contributed by atoms with Crippen molar-refractivity contribution in [2.45, 2.75) is 32.4 Å². The lowest BCUT2D eigenvalue weighted by molar-refractivity contribution is -0.151. The second kappa shape index (κ2) is 6.40. The Hall–Kier alpha value is -1.55. The van der Waals surface area contributed by atoms with Gasteiger partial charge in [-0.15, -0.1) is 0 Å². The number of para-hydroxylation sites is 1. The van der Waals surface area contributed by atoms with Crippen LogP contribution in [-0.4, -0.2) is 31.3 Å². The highest BCUT2D eigenvalue weighted by atomic mass is 16.6. The number of hydrogen-bond acceptors (Lipinski definition) is 4. The summed E-state index contributed by atoms with van der Waals surface area (Å²) in [4.78, 5) is 11.8. The van der Waals surface area contributed by atoms with Crippen LogP contribution >= 0.6 is 0 Å². The van der Waals surface area contributed by atoms with Gasteiger partial charge in [-0.2, -0.15) is 0 Å². The first kappa shape index (κ1) is 14.5. The average Bonchev–Trinajstić information content (AvgIpc) is 2.37. The van der Waals surface area contributed by atoms with Gasteiger partial charge in [0.2, 0.25) is 0 Å². The fraction of sp³-hybridized carbons (Fsp3) is 0.500. The minimum Gasteiger partial charge on any atom is -0.461 e. The Labute approximate surface area is 108 Å². The molecule has 4 nitrogen and oxygen atoms in total. The van der Waals surface area contributed by atoms with E-state index in [1.807, 2.05) is 44.2 Å². The Morgan fingerprint density at radius 1 is 1.33 bits per heavy atom. The molecule has 0 amide bonds. The smallest absolute Gasteiger partial charge is 0.328 e. The predicted octanol–water partition coefficient (Wildman–Crippen LogP) is 2.46. The molecule has 1 aromatic rings. The minimum absolute atomic E-state index is 0.239. The van der Waals surface area contributed by atoms with Crippen LogP contribution in [0.2, 0.25) is 0 Å². The summed E-state index contributed by atoms with van der Waals surface area (Å²) in [5.41, 5.74) is 0.440. The van der Waals surface area contributed by atoms with Crippen LogP contribution in [0.1, 0.15) is 20.8 Å². The van der Waals surface area contributed by atoms with E-state index < -0.39 is 5.60 Å². The molecule has 0 radical (unpaired) electrons. The molecule has 0 spiro atoms. The second-order valence-electron chi connectivity index (χ2n) is 4.80. The number of methoxy groups -OCH3 is 1. The predicted molar refractivity (Wildman–Crippen MR) is 71.6 cm³/mol. The minimum atomic E-state index is -0.456. The molecular weight excluding hydrogens is 230 g/mol. The topological polar surface area (TPSA) is 47.6 Å². The van der Waals surface area contributed by atoms with Crippen molar-refractivity contribution in [3.63, 3.8) is 0 Å². The van der Waals surface area contributed by atoms with Crippen LogP contribution in [0.4, 0.5) is 5.69 Å². The maximum atomic E-state index is 11.8. The zero-order valence-corrected chi connectivity index (χ0v) is 11.4. The van der Waals surface area contributed by atoms with Gasteiger partial charge in [0, 0.05) is 12.8 Å². The molecule has 0 aliphatic carbocycles. The highest BCUT2D eigenvalue weighted by Crippen LogP contribution is 2.10. The monoisotopic (exact) mass is 251 g/mol. The van der Waals surface area contributed by atoms with Crippen molar-refractivity contribution in [1.82, 2.24) is 0 Å². The van der Waals surface area contributed by atoms with Crippen LogP contribution in [0.15, 0.2) is 30.3 Å². The summed E-state index contributed by atoms with van der Waals surface area (Å²) in [6.07, 6.45) is 0. The Kier molecular flexibility index (Phi) is 5.16. The summed E-state index contributed by atoms with van der Waals surface area (Å²) >= 11 is 0. The molecule has 0 saturated heterocycles. The number of esters is 1. The second-order valence-corrected chi connectivity index (χ2v) is 4.80. The van der Waals surface area contributed by atoms with Crippen molar-refractivity contribution in [1.29, 1.82) is 0 Å². The quantitative estimate of drug-likeness (QED) is 0.789.